The van der Waals surface area contributed by atoms with Gasteiger partial charge in [-0.05, 0) is 84.9 Å². The van der Waals surface area contributed by atoms with E-state index in [4.69, 9.17) is 19.4 Å². The van der Waals surface area contributed by atoms with Gasteiger partial charge in [0.25, 0.3) is 0 Å². The van der Waals surface area contributed by atoms with Crippen LogP contribution in [0, 0.1) is 0 Å². The van der Waals surface area contributed by atoms with Gasteiger partial charge in [-0.1, -0.05) is 115 Å². The van der Waals surface area contributed by atoms with Gasteiger partial charge in [-0.3, -0.25) is 4.90 Å². The second-order valence-corrected chi connectivity index (χ2v) is 18.5. The maximum absolute atomic E-state index is 6.56. The highest BCUT2D eigenvalue weighted by atomic mass is 32.1. The van der Waals surface area contributed by atoms with Gasteiger partial charge >= 0.3 is 0 Å². The van der Waals surface area contributed by atoms with Gasteiger partial charge in [0, 0.05) is 73.3 Å². The van der Waals surface area contributed by atoms with E-state index in [9.17, 15) is 0 Å². The van der Waals surface area contributed by atoms with Crippen molar-refractivity contribution in [3.8, 4) is 28.5 Å². The Morgan fingerprint density at radius 3 is 1.91 bits per heavy atom. The summed E-state index contributed by atoms with van der Waals surface area (Å²) in [5.41, 5.74) is 8.51. The van der Waals surface area contributed by atoms with E-state index in [1.165, 1.54) is 35.0 Å². The van der Waals surface area contributed by atoms with Crippen molar-refractivity contribution in [1.29, 1.82) is 0 Å². The first-order valence-corrected chi connectivity index (χ1v) is 23.2. The normalized spacial score (nSPS) is 12.0. The van der Waals surface area contributed by atoms with Crippen molar-refractivity contribution in [1.82, 2.24) is 19.5 Å². The van der Waals surface area contributed by atoms with Crippen LogP contribution in [-0.2, 0) is 0 Å². The van der Waals surface area contributed by atoms with E-state index in [0.717, 1.165) is 77.3 Å². The molecule has 0 unspecified atom stereocenters. The minimum absolute atomic E-state index is 0.500. The Bertz CT molecular complexity index is 4110. The molecule has 0 spiro atoms. The van der Waals surface area contributed by atoms with Crippen molar-refractivity contribution >= 4 is 124 Å². The zero-order chi connectivity index (χ0) is 42.6. The molecule has 0 bridgehead atoms. The summed E-state index contributed by atoms with van der Waals surface area (Å²) in [6.07, 6.45) is 0. The number of fused-ring (bicyclic) bond motifs is 12. The fourth-order valence-corrected chi connectivity index (χ4v) is 12.1. The molecule has 0 N–H and O–H groups in total. The predicted molar refractivity (Wildman–Crippen MR) is 273 cm³/mol. The lowest BCUT2D eigenvalue weighted by atomic mass is 10.1. The summed E-state index contributed by atoms with van der Waals surface area (Å²) in [4.78, 5) is 19.0. The second kappa shape index (κ2) is 14.2. The Kier molecular flexibility index (Phi) is 7.92. The van der Waals surface area contributed by atoms with E-state index in [1.54, 1.807) is 22.7 Å². The zero-order valence-electron chi connectivity index (χ0n) is 34.5. The van der Waals surface area contributed by atoms with E-state index in [0.29, 0.717) is 17.6 Å². The van der Waals surface area contributed by atoms with Crippen LogP contribution in [0.15, 0.2) is 205 Å². The maximum atomic E-state index is 6.56. The van der Waals surface area contributed by atoms with Crippen LogP contribution in [0.5, 0.6) is 0 Å². The quantitative estimate of drug-likeness (QED) is 0.167. The molecule has 65 heavy (non-hydrogen) atoms. The van der Waals surface area contributed by atoms with Crippen LogP contribution in [0.3, 0.4) is 0 Å². The van der Waals surface area contributed by atoms with E-state index in [-0.39, 0.29) is 0 Å². The summed E-state index contributed by atoms with van der Waals surface area (Å²) in [5.74, 6) is 1.65. The largest absolute Gasteiger partial charge is 0.456 e. The summed E-state index contributed by atoms with van der Waals surface area (Å²) in [5, 5.41) is 9.01. The van der Waals surface area contributed by atoms with E-state index in [1.807, 2.05) is 18.2 Å². The van der Waals surface area contributed by atoms with Crippen LogP contribution in [0.4, 0.5) is 17.3 Å². The molecule has 0 aliphatic carbocycles. The molecular formula is C57H33N5OS2. The van der Waals surface area contributed by atoms with E-state index < -0.39 is 0 Å². The summed E-state index contributed by atoms with van der Waals surface area (Å²) in [6.45, 7) is 0. The lowest BCUT2D eigenvalue weighted by Gasteiger charge is -2.26. The van der Waals surface area contributed by atoms with Crippen molar-refractivity contribution in [3.63, 3.8) is 0 Å². The van der Waals surface area contributed by atoms with Crippen molar-refractivity contribution in [3.05, 3.63) is 200 Å². The minimum atomic E-state index is 0.500. The fourth-order valence-electron chi connectivity index (χ4n) is 9.85. The number of thiophene rings is 2. The topological polar surface area (TPSA) is 60.0 Å². The van der Waals surface area contributed by atoms with Crippen LogP contribution < -0.4 is 4.90 Å². The molecule has 0 amide bonds. The number of rotatable bonds is 6. The van der Waals surface area contributed by atoms with Gasteiger partial charge in [-0.25, -0.2) is 4.98 Å². The van der Waals surface area contributed by atoms with E-state index in [2.05, 4.69) is 191 Å². The van der Waals surface area contributed by atoms with E-state index >= 15 is 0 Å². The van der Waals surface area contributed by atoms with Gasteiger partial charge in [-0.2, -0.15) is 9.97 Å². The van der Waals surface area contributed by atoms with Crippen molar-refractivity contribution in [2.24, 2.45) is 0 Å². The molecule has 0 atom stereocenters. The molecule has 0 aliphatic rings. The van der Waals surface area contributed by atoms with Gasteiger partial charge in [0.05, 0.1) is 27.8 Å². The number of nitrogens with zero attached hydrogens (tertiary/aromatic N) is 5. The zero-order valence-corrected chi connectivity index (χ0v) is 36.1. The third kappa shape index (κ3) is 5.54. The number of para-hydroxylation sites is 4. The average molecular weight is 868 g/mol. The maximum Gasteiger partial charge on any atom is 0.238 e. The number of furan rings is 1. The summed E-state index contributed by atoms with van der Waals surface area (Å²) >= 11 is 3.60. The molecule has 9 aromatic carbocycles. The van der Waals surface area contributed by atoms with Gasteiger partial charge in [0.2, 0.25) is 5.95 Å². The van der Waals surface area contributed by atoms with Crippen molar-refractivity contribution < 1.29 is 4.42 Å². The highest BCUT2D eigenvalue weighted by Crippen LogP contribution is 2.48. The number of hydrogen-bond acceptors (Lipinski definition) is 7. The fraction of sp³-hybridized carbons (Fsp3) is 0. The standard InChI is InChI=1S/C57H33N5OS2/c1-2-15-35(16-3-1)61-43-23-8-4-17-36(43)38-21-12-22-41(54(38)61)56-58-55(34-31-32-50-42(33-34)37-18-6-10-28-48(37)64-50)59-57(60-56)62(44-24-13-27-47-52(44)39-19-5-9-26-46(39)63-47)45-25-14-30-51-53(45)40-20-7-11-29-49(40)65-51/h1-33H. The number of benzene rings is 9. The smallest absolute Gasteiger partial charge is 0.238 e. The number of hydrogen-bond donors (Lipinski definition) is 0. The monoisotopic (exact) mass is 867 g/mol. The first-order valence-electron chi connectivity index (χ1n) is 21.6. The molecule has 14 aromatic rings. The lowest BCUT2D eigenvalue weighted by Crippen LogP contribution is -2.16. The van der Waals surface area contributed by atoms with Gasteiger partial charge in [0.15, 0.2) is 11.6 Å². The van der Waals surface area contributed by atoms with Crippen LogP contribution >= 0.6 is 22.7 Å². The third-order valence-corrected chi connectivity index (χ3v) is 14.9. The van der Waals surface area contributed by atoms with Crippen LogP contribution in [0.1, 0.15) is 0 Å². The number of aromatic nitrogens is 4. The molecule has 304 valence electrons. The van der Waals surface area contributed by atoms with Crippen LogP contribution in [0.2, 0.25) is 0 Å². The Labute approximate surface area is 379 Å². The second-order valence-electron chi connectivity index (χ2n) is 16.3. The lowest BCUT2D eigenvalue weighted by molar-refractivity contribution is 0.669. The molecule has 0 radical (unpaired) electrons. The van der Waals surface area contributed by atoms with Crippen molar-refractivity contribution in [2.45, 2.75) is 0 Å². The summed E-state index contributed by atoms with van der Waals surface area (Å²) < 4.78 is 13.8. The molecule has 0 saturated heterocycles. The van der Waals surface area contributed by atoms with Gasteiger partial charge in [-0.15, -0.1) is 22.7 Å². The van der Waals surface area contributed by atoms with Crippen LogP contribution in [-0.4, -0.2) is 19.5 Å². The Morgan fingerprint density at radius 2 is 1.03 bits per heavy atom. The number of anilines is 3. The van der Waals surface area contributed by atoms with Crippen LogP contribution in [0.25, 0.3) is 113 Å². The molecule has 0 aliphatic heterocycles. The van der Waals surface area contributed by atoms with Gasteiger partial charge < -0.3 is 8.98 Å². The Hall–Kier alpha value is -8.17. The summed E-state index contributed by atoms with van der Waals surface area (Å²) in [6, 6.07) is 70.7. The van der Waals surface area contributed by atoms with Crippen molar-refractivity contribution in [2.75, 3.05) is 4.90 Å². The molecule has 0 saturated carbocycles. The average Bonchev–Trinajstić information content (AvgIpc) is 4.13. The first-order chi connectivity index (χ1) is 32.2. The molecule has 5 aromatic heterocycles. The highest BCUT2D eigenvalue weighted by Gasteiger charge is 2.27. The molecule has 5 heterocycles. The summed E-state index contributed by atoms with van der Waals surface area (Å²) in [7, 11) is 0. The third-order valence-electron chi connectivity index (χ3n) is 12.7. The van der Waals surface area contributed by atoms with Gasteiger partial charge in [0.1, 0.15) is 11.2 Å². The Morgan fingerprint density at radius 1 is 0.415 bits per heavy atom. The first kappa shape index (κ1) is 36.3. The highest BCUT2D eigenvalue weighted by molar-refractivity contribution is 7.26. The molecule has 6 nitrogen and oxygen atoms in total. The predicted octanol–water partition coefficient (Wildman–Crippen LogP) is 16.4. The Balaban J connectivity index is 1.12. The molecule has 8 heteroatoms. The molecule has 0 fully saturated rings. The molecular weight excluding hydrogens is 835 g/mol. The minimum Gasteiger partial charge on any atom is -0.456 e. The SMILES string of the molecule is c1ccc(-n2c3ccccc3c3cccc(-c4nc(-c5ccc6sc7ccccc7c6c5)nc(N(c5cccc6oc7ccccc7c56)c5cccc6sc7ccccc7c56)n4)c32)cc1. The molecule has 14 rings (SSSR count).